The first kappa shape index (κ1) is 17.4. The summed E-state index contributed by atoms with van der Waals surface area (Å²) in [5.41, 5.74) is 1.33. The van der Waals surface area contributed by atoms with Gasteiger partial charge in [-0.25, -0.2) is 4.39 Å². The van der Waals surface area contributed by atoms with Gasteiger partial charge in [-0.2, -0.15) is 0 Å². The molecule has 0 spiro atoms. The van der Waals surface area contributed by atoms with E-state index in [1.165, 1.54) is 6.07 Å². The fourth-order valence-electron chi connectivity index (χ4n) is 1.95. The first-order valence-corrected chi connectivity index (χ1v) is 7.79. The van der Waals surface area contributed by atoms with E-state index in [2.05, 4.69) is 21.2 Å². The Morgan fingerprint density at radius 1 is 1.26 bits per heavy atom. The number of carbonyl (C=O) groups excluding carboxylic acids is 1. The van der Waals surface area contributed by atoms with Crippen LogP contribution < -0.4 is 10.1 Å². The van der Waals surface area contributed by atoms with Crippen LogP contribution in [0.25, 0.3) is 0 Å². The van der Waals surface area contributed by atoms with Crippen LogP contribution in [0, 0.1) is 5.82 Å². The molecule has 1 amide bonds. The number of hydrogen-bond acceptors (Lipinski definition) is 3. The third kappa shape index (κ3) is 5.65. The molecule has 0 aliphatic carbocycles. The minimum Gasteiger partial charge on any atom is -0.497 e. The van der Waals surface area contributed by atoms with E-state index in [0.29, 0.717) is 12.2 Å². The summed E-state index contributed by atoms with van der Waals surface area (Å²) >= 11 is 3.27. The minimum atomic E-state index is -0.356. The Morgan fingerprint density at radius 2 is 2.09 bits per heavy atom. The summed E-state index contributed by atoms with van der Waals surface area (Å²) in [5.74, 6) is 0.0822. The molecule has 23 heavy (non-hydrogen) atoms. The smallest absolute Gasteiger partial charge is 0.246 e. The Balaban J connectivity index is 1.75. The highest BCUT2D eigenvalue weighted by atomic mass is 79.9. The molecule has 0 fully saturated rings. The highest BCUT2D eigenvalue weighted by Crippen LogP contribution is 2.15. The van der Waals surface area contributed by atoms with Crippen LogP contribution in [0.1, 0.15) is 11.1 Å². The van der Waals surface area contributed by atoms with Gasteiger partial charge in [-0.15, -0.1) is 0 Å². The highest BCUT2D eigenvalue weighted by molar-refractivity contribution is 9.10. The van der Waals surface area contributed by atoms with Gasteiger partial charge in [0.1, 0.15) is 18.2 Å². The van der Waals surface area contributed by atoms with E-state index in [0.717, 1.165) is 15.8 Å². The lowest BCUT2D eigenvalue weighted by atomic mass is 10.2. The van der Waals surface area contributed by atoms with Crippen LogP contribution in [0.5, 0.6) is 5.75 Å². The van der Waals surface area contributed by atoms with Crippen molar-refractivity contribution < 1.29 is 18.7 Å². The van der Waals surface area contributed by atoms with Crippen LogP contribution in [0.2, 0.25) is 0 Å². The topological polar surface area (TPSA) is 47.6 Å². The van der Waals surface area contributed by atoms with Crippen molar-refractivity contribution in [3.8, 4) is 5.75 Å². The first-order chi connectivity index (χ1) is 11.1. The number of methoxy groups -OCH3 is 1. The molecule has 0 bridgehead atoms. The van der Waals surface area contributed by atoms with Gasteiger partial charge in [0.2, 0.25) is 5.91 Å². The fourth-order valence-corrected chi connectivity index (χ4v) is 2.36. The zero-order valence-corrected chi connectivity index (χ0v) is 14.2. The van der Waals surface area contributed by atoms with Crippen molar-refractivity contribution in [2.75, 3.05) is 13.7 Å². The molecule has 6 heteroatoms. The van der Waals surface area contributed by atoms with E-state index in [1.807, 2.05) is 24.3 Å². The molecular weight excluding hydrogens is 365 g/mol. The maximum atomic E-state index is 13.5. The van der Waals surface area contributed by atoms with Gasteiger partial charge in [0.05, 0.1) is 13.7 Å². The van der Waals surface area contributed by atoms with Crippen molar-refractivity contribution in [2.24, 2.45) is 0 Å². The zero-order chi connectivity index (χ0) is 16.7. The lowest BCUT2D eigenvalue weighted by Gasteiger charge is -2.08. The number of halogens is 2. The molecule has 0 aliphatic heterocycles. The summed E-state index contributed by atoms with van der Waals surface area (Å²) in [6, 6.07) is 12.0. The Morgan fingerprint density at radius 3 is 2.87 bits per heavy atom. The Kier molecular flexibility index (Phi) is 6.55. The average molecular weight is 382 g/mol. The number of carbonyl (C=O) groups is 1. The van der Waals surface area contributed by atoms with E-state index in [-0.39, 0.29) is 24.9 Å². The van der Waals surface area contributed by atoms with Crippen molar-refractivity contribution >= 4 is 21.8 Å². The molecule has 4 nitrogen and oxygen atoms in total. The Bertz CT molecular complexity index is 679. The normalized spacial score (nSPS) is 10.4. The number of amides is 1. The summed E-state index contributed by atoms with van der Waals surface area (Å²) in [6.07, 6.45) is 0. The van der Waals surface area contributed by atoms with E-state index in [1.54, 1.807) is 19.2 Å². The van der Waals surface area contributed by atoms with Crippen LogP contribution in [-0.4, -0.2) is 19.6 Å². The maximum absolute atomic E-state index is 13.5. The van der Waals surface area contributed by atoms with Crippen LogP contribution in [-0.2, 0) is 22.7 Å². The van der Waals surface area contributed by atoms with E-state index < -0.39 is 0 Å². The molecular formula is C17H17BrFNO3. The largest absolute Gasteiger partial charge is 0.497 e. The number of rotatable bonds is 7. The fraction of sp³-hybridized carbons (Fsp3) is 0.235. The van der Waals surface area contributed by atoms with Gasteiger partial charge < -0.3 is 14.8 Å². The SMILES string of the molecule is COc1cccc(COCC(=O)NCc2cc(Br)ccc2F)c1. The molecule has 0 unspecified atom stereocenters. The average Bonchev–Trinajstić information content (AvgIpc) is 2.56. The lowest BCUT2D eigenvalue weighted by molar-refractivity contribution is -0.126. The molecule has 0 heterocycles. The monoisotopic (exact) mass is 381 g/mol. The molecule has 0 saturated carbocycles. The maximum Gasteiger partial charge on any atom is 0.246 e. The molecule has 1 N–H and O–H groups in total. The minimum absolute atomic E-state index is 0.0904. The quantitative estimate of drug-likeness (QED) is 0.798. The molecule has 0 radical (unpaired) electrons. The number of ether oxygens (including phenoxy) is 2. The van der Waals surface area contributed by atoms with Gasteiger partial charge in [0.25, 0.3) is 0 Å². The van der Waals surface area contributed by atoms with Gasteiger partial charge in [-0.1, -0.05) is 28.1 Å². The zero-order valence-electron chi connectivity index (χ0n) is 12.6. The van der Waals surface area contributed by atoms with Gasteiger partial charge in [-0.3, -0.25) is 4.79 Å². The Labute approximate surface area is 142 Å². The summed E-state index contributed by atoms with van der Waals surface area (Å²) in [5, 5.41) is 2.63. The second-order valence-electron chi connectivity index (χ2n) is 4.86. The lowest BCUT2D eigenvalue weighted by Crippen LogP contribution is -2.27. The van der Waals surface area contributed by atoms with Crippen LogP contribution >= 0.6 is 15.9 Å². The van der Waals surface area contributed by atoms with Gasteiger partial charge in [0, 0.05) is 16.6 Å². The third-order valence-corrected chi connectivity index (χ3v) is 3.61. The van der Waals surface area contributed by atoms with Crippen molar-refractivity contribution in [1.82, 2.24) is 5.32 Å². The second kappa shape index (κ2) is 8.64. The van der Waals surface area contributed by atoms with Crippen molar-refractivity contribution in [1.29, 1.82) is 0 Å². The summed E-state index contributed by atoms with van der Waals surface area (Å²) in [4.78, 5) is 11.7. The van der Waals surface area contributed by atoms with E-state index in [4.69, 9.17) is 9.47 Å². The van der Waals surface area contributed by atoms with Gasteiger partial charge in [0.15, 0.2) is 0 Å². The predicted octanol–water partition coefficient (Wildman–Crippen LogP) is 3.43. The molecule has 0 atom stereocenters. The van der Waals surface area contributed by atoms with Crippen molar-refractivity contribution in [3.05, 3.63) is 63.9 Å². The highest BCUT2D eigenvalue weighted by Gasteiger charge is 2.06. The molecule has 0 saturated heterocycles. The van der Waals surface area contributed by atoms with E-state index >= 15 is 0 Å². The Hall–Kier alpha value is -1.92. The molecule has 0 aliphatic rings. The molecule has 122 valence electrons. The third-order valence-electron chi connectivity index (χ3n) is 3.12. The summed E-state index contributed by atoms with van der Waals surface area (Å²) in [6.45, 7) is 0.329. The summed E-state index contributed by atoms with van der Waals surface area (Å²) < 4.78 is 24.8. The number of hydrogen-bond donors (Lipinski definition) is 1. The molecule has 2 rings (SSSR count). The molecule has 2 aromatic rings. The van der Waals surface area contributed by atoms with Crippen molar-refractivity contribution in [3.63, 3.8) is 0 Å². The number of benzene rings is 2. The van der Waals surface area contributed by atoms with Crippen LogP contribution in [0.15, 0.2) is 46.9 Å². The number of nitrogens with one attached hydrogen (secondary N) is 1. The molecule has 0 aromatic heterocycles. The molecule has 2 aromatic carbocycles. The standard InChI is InChI=1S/C17H17BrFNO3/c1-22-15-4-2-3-12(7-15)10-23-11-17(21)20-9-13-8-14(18)5-6-16(13)19/h2-8H,9-11H2,1H3,(H,20,21). The van der Waals surface area contributed by atoms with Gasteiger partial charge >= 0.3 is 0 Å². The van der Waals surface area contributed by atoms with Gasteiger partial charge in [-0.05, 0) is 35.9 Å². The van der Waals surface area contributed by atoms with Crippen LogP contribution in [0.3, 0.4) is 0 Å². The first-order valence-electron chi connectivity index (χ1n) is 7.00. The second-order valence-corrected chi connectivity index (χ2v) is 5.77. The van der Waals surface area contributed by atoms with Crippen LogP contribution in [0.4, 0.5) is 4.39 Å². The van der Waals surface area contributed by atoms with Crippen molar-refractivity contribution in [2.45, 2.75) is 13.2 Å². The van der Waals surface area contributed by atoms with E-state index in [9.17, 15) is 9.18 Å². The summed E-state index contributed by atoms with van der Waals surface area (Å²) in [7, 11) is 1.59. The predicted molar refractivity (Wildman–Crippen MR) is 88.6 cm³/mol.